The molecule has 0 spiro atoms. The van der Waals surface area contributed by atoms with Crippen LogP contribution in [-0.2, 0) is 9.47 Å². The second-order valence-corrected chi connectivity index (χ2v) is 6.17. The second kappa shape index (κ2) is 6.85. The number of aliphatic hydroxyl groups is 1. The summed E-state index contributed by atoms with van der Waals surface area (Å²) in [6.45, 7) is 10.6. The normalized spacial score (nSPS) is 28.8. The first-order valence-corrected chi connectivity index (χ1v) is 7.02. The Labute approximate surface area is 111 Å². The quantitative estimate of drug-likeness (QED) is 0.683. The molecule has 0 aliphatic heterocycles. The highest BCUT2D eigenvalue weighted by molar-refractivity contribution is 4.96. The SMILES string of the molecule is CCNC1(CO)CCC(OCCOC(C)(C)C)C1. The van der Waals surface area contributed by atoms with Crippen molar-refractivity contribution >= 4 is 0 Å². The predicted octanol–water partition coefficient (Wildman–Crippen LogP) is 1.71. The molecule has 0 radical (unpaired) electrons. The minimum absolute atomic E-state index is 0.0995. The maximum atomic E-state index is 9.50. The number of nitrogens with one attached hydrogen (secondary N) is 1. The van der Waals surface area contributed by atoms with Crippen molar-refractivity contribution in [3.05, 3.63) is 0 Å². The molecule has 2 N–H and O–H groups in total. The number of ether oxygens (including phenoxy) is 2. The number of aliphatic hydroxyl groups excluding tert-OH is 1. The Balaban J connectivity index is 2.22. The zero-order valence-electron chi connectivity index (χ0n) is 12.3. The van der Waals surface area contributed by atoms with Gasteiger partial charge >= 0.3 is 0 Å². The molecule has 0 saturated heterocycles. The van der Waals surface area contributed by atoms with Gasteiger partial charge < -0.3 is 19.9 Å². The van der Waals surface area contributed by atoms with Crippen LogP contribution in [-0.4, -0.2) is 48.7 Å². The van der Waals surface area contributed by atoms with E-state index in [1.54, 1.807) is 0 Å². The van der Waals surface area contributed by atoms with Crippen LogP contribution in [0.4, 0.5) is 0 Å². The lowest BCUT2D eigenvalue weighted by Crippen LogP contribution is -2.46. The molecule has 18 heavy (non-hydrogen) atoms. The average Bonchev–Trinajstić information content (AvgIpc) is 2.68. The van der Waals surface area contributed by atoms with Crippen molar-refractivity contribution in [2.75, 3.05) is 26.4 Å². The van der Waals surface area contributed by atoms with Crippen LogP contribution in [0.15, 0.2) is 0 Å². The number of hydrogen-bond acceptors (Lipinski definition) is 4. The third-order valence-electron chi connectivity index (χ3n) is 3.39. The highest BCUT2D eigenvalue weighted by Gasteiger charge is 2.38. The maximum absolute atomic E-state index is 9.50. The van der Waals surface area contributed by atoms with Gasteiger partial charge in [-0.3, -0.25) is 0 Å². The monoisotopic (exact) mass is 259 g/mol. The summed E-state index contributed by atoms with van der Waals surface area (Å²) in [4.78, 5) is 0. The van der Waals surface area contributed by atoms with Crippen molar-refractivity contribution in [2.45, 2.75) is 64.2 Å². The van der Waals surface area contributed by atoms with Crippen LogP contribution < -0.4 is 5.32 Å². The number of rotatable bonds is 7. The Morgan fingerprint density at radius 3 is 2.61 bits per heavy atom. The molecule has 2 atom stereocenters. The molecule has 0 aromatic heterocycles. The van der Waals surface area contributed by atoms with E-state index in [1.165, 1.54) is 0 Å². The molecule has 0 amide bonds. The van der Waals surface area contributed by atoms with Gasteiger partial charge in [-0.2, -0.15) is 0 Å². The zero-order chi connectivity index (χ0) is 13.6. The molecule has 0 bridgehead atoms. The molecule has 0 aromatic carbocycles. The van der Waals surface area contributed by atoms with Gasteiger partial charge in [0.1, 0.15) is 0 Å². The van der Waals surface area contributed by atoms with Gasteiger partial charge in [0.05, 0.1) is 31.5 Å². The number of hydrogen-bond donors (Lipinski definition) is 2. The maximum Gasteiger partial charge on any atom is 0.0707 e. The van der Waals surface area contributed by atoms with E-state index < -0.39 is 0 Å². The smallest absolute Gasteiger partial charge is 0.0707 e. The summed E-state index contributed by atoms with van der Waals surface area (Å²) in [6.07, 6.45) is 3.15. The second-order valence-electron chi connectivity index (χ2n) is 6.17. The van der Waals surface area contributed by atoms with Crippen molar-refractivity contribution in [2.24, 2.45) is 0 Å². The van der Waals surface area contributed by atoms with E-state index in [2.05, 4.69) is 12.2 Å². The largest absolute Gasteiger partial charge is 0.394 e. The van der Waals surface area contributed by atoms with Crippen LogP contribution in [0.3, 0.4) is 0 Å². The highest BCUT2D eigenvalue weighted by atomic mass is 16.5. The fraction of sp³-hybridized carbons (Fsp3) is 1.00. The lowest BCUT2D eigenvalue weighted by atomic mass is 9.99. The third-order valence-corrected chi connectivity index (χ3v) is 3.39. The molecule has 1 aliphatic carbocycles. The molecule has 108 valence electrons. The van der Waals surface area contributed by atoms with Gasteiger partial charge in [-0.1, -0.05) is 6.92 Å². The average molecular weight is 259 g/mol. The Bertz CT molecular complexity index is 240. The molecule has 1 aliphatic rings. The first-order valence-electron chi connectivity index (χ1n) is 7.02. The van der Waals surface area contributed by atoms with E-state index in [1.807, 2.05) is 20.8 Å². The summed E-state index contributed by atoms with van der Waals surface area (Å²) < 4.78 is 11.5. The van der Waals surface area contributed by atoms with Crippen molar-refractivity contribution in [3.63, 3.8) is 0 Å². The van der Waals surface area contributed by atoms with E-state index in [0.29, 0.717) is 13.2 Å². The van der Waals surface area contributed by atoms with Gasteiger partial charge in [0.15, 0.2) is 0 Å². The molecule has 1 rings (SSSR count). The Morgan fingerprint density at radius 1 is 1.33 bits per heavy atom. The zero-order valence-corrected chi connectivity index (χ0v) is 12.3. The Hall–Kier alpha value is -0.160. The van der Waals surface area contributed by atoms with E-state index in [-0.39, 0.29) is 23.9 Å². The van der Waals surface area contributed by atoms with Gasteiger partial charge in [0, 0.05) is 5.54 Å². The van der Waals surface area contributed by atoms with Crippen molar-refractivity contribution in [1.82, 2.24) is 5.32 Å². The standard InChI is InChI=1S/C14H29NO3/c1-5-15-14(11-16)7-6-12(10-14)17-8-9-18-13(2,3)4/h12,15-16H,5-11H2,1-4H3. The Morgan fingerprint density at radius 2 is 2.06 bits per heavy atom. The van der Waals surface area contributed by atoms with Crippen LogP contribution in [0.2, 0.25) is 0 Å². The van der Waals surface area contributed by atoms with Gasteiger partial charge in [-0.25, -0.2) is 0 Å². The summed E-state index contributed by atoms with van der Waals surface area (Å²) in [5.74, 6) is 0. The van der Waals surface area contributed by atoms with Gasteiger partial charge in [-0.15, -0.1) is 0 Å². The molecular formula is C14H29NO3. The molecular weight excluding hydrogens is 230 g/mol. The van der Waals surface area contributed by atoms with Crippen LogP contribution in [0.1, 0.15) is 47.0 Å². The molecule has 0 aromatic rings. The third kappa shape index (κ3) is 5.22. The Kier molecular flexibility index (Phi) is 6.05. The lowest BCUT2D eigenvalue weighted by molar-refractivity contribution is -0.0518. The topological polar surface area (TPSA) is 50.7 Å². The number of likely N-dealkylation sites (N-methyl/N-ethyl adjacent to an activating group) is 1. The summed E-state index contributed by atoms with van der Waals surface area (Å²) in [6, 6.07) is 0. The van der Waals surface area contributed by atoms with Gasteiger partial charge in [-0.05, 0) is 46.6 Å². The van der Waals surface area contributed by atoms with Crippen molar-refractivity contribution in [3.8, 4) is 0 Å². The summed E-state index contributed by atoms with van der Waals surface area (Å²) >= 11 is 0. The lowest BCUT2D eigenvalue weighted by Gasteiger charge is -2.28. The minimum Gasteiger partial charge on any atom is -0.394 e. The summed E-state index contributed by atoms with van der Waals surface area (Å²) in [7, 11) is 0. The van der Waals surface area contributed by atoms with E-state index in [4.69, 9.17) is 9.47 Å². The van der Waals surface area contributed by atoms with Gasteiger partial charge in [0.25, 0.3) is 0 Å². The van der Waals surface area contributed by atoms with Crippen LogP contribution in [0, 0.1) is 0 Å². The van der Waals surface area contributed by atoms with E-state index in [0.717, 1.165) is 25.8 Å². The molecule has 1 saturated carbocycles. The highest BCUT2D eigenvalue weighted by Crippen LogP contribution is 2.31. The molecule has 1 fully saturated rings. The fourth-order valence-corrected chi connectivity index (χ4v) is 2.52. The minimum atomic E-state index is -0.121. The van der Waals surface area contributed by atoms with Crippen molar-refractivity contribution < 1.29 is 14.6 Å². The first-order chi connectivity index (χ1) is 8.41. The van der Waals surface area contributed by atoms with Crippen LogP contribution in [0.25, 0.3) is 0 Å². The summed E-state index contributed by atoms with van der Waals surface area (Å²) in [5, 5.41) is 12.9. The van der Waals surface area contributed by atoms with E-state index in [9.17, 15) is 5.11 Å². The van der Waals surface area contributed by atoms with E-state index >= 15 is 0 Å². The van der Waals surface area contributed by atoms with Crippen LogP contribution >= 0.6 is 0 Å². The van der Waals surface area contributed by atoms with Crippen LogP contribution in [0.5, 0.6) is 0 Å². The fourth-order valence-electron chi connectivity index (χ4n) is 2.52. The molecule has 2 unspecified atom stereocenters. The first kappa shape index (κ1) is 15.9. The van der Waals surface area contributed by atoms with Crippen molar-refractivity contribution in [1.29, 1.82) is 0 Å². The molecule has 4 nitrogen and oxygen atoms in total. The predicted molar refractivity (Wildman–Crippen MR) is 72.8 cm³/mol. The summed E-state index contributed by atoms with van der Waals surface area (Å²) in [5.41, 5.74) is -0.220. The molecule has 4 heteroatoms. The van der Waals surface area contributed by atoms with Gasteiger partial charge in [0.2, 0.25) is 0 Å². The molecule has 0 heterocycles.